The summed E-state index contributed by atoms with van der Waals surface area (Å²) in [6, 6.07) is -0.192. The van der Waals surface area contributed by atoms with Crippen LogP contribution >= 0.6 is 0 Å². The fourth-order valence-electron chi connectivity index (χ4n) is 1.80. The van der Waals surface area contributed by atoms with Crippen molar-refractivity contribution in [2.24, 2.45) is 0 Å². The first-order chi connectivity index (χ1) is 8.61. The van der Waals surface area contributed by atoms with Crippen LogP contribution in [-0.4, -0.2) is 69.2 Å². The number of carbonyl (C=O) groups excluding carboxylic acids is 1. The van der Waals surface area contributed by atoms with E-state index in [2.05, 4.69) is 20.3 Å². The average molecular weight is 265 g/mol. The lowest BCUT2D eigenvalue weighted by atomic mass is 10.2. The van der Waals surface area contributed by atoms with Crippen molar-refractivity contribution < 1.29 is 18.3 Å². The molecule has 1 rings (SSSR count). The normalized spacial score (nSPS) is 18.9. The maximum atomic E-state index is 11.8. The fraction of sp³-hybridized carbons (Fsp3) is 0.909. The number of hydrogen-bond donors (Lipinski definition) is 2. The number of nitrogens with one attached hydrogen (secondary N) is 2. The van der Waals surface area contributed by atoms with Crippen molar-refractivity contribution in [1.82, 2.24) is 15.5 Å². The topological polar surface area (TPSA) is 53.6 Å². The van der Waals surface area contributed by atoms with Crippen molar-refractivity contribution >= 4 is 5.91 Å². The molecule has 106 valence electrons. The molecule has 0 radical (unpaired) electrons. The van der Waals surface area contributed by atoms with E-state index < -0.39 is 13.0 Å². The molecular weight excluding hydrogens is 244 g/mol. The fourth-order valence-corrected chi connectivity index (χ4v) is 1.80. The Bertz CT molecular complexity index is 248. The predicted molar refractivity (Wildman–Crippen MR) is 63.7 cm³/mol. The van der Waals surface area contributed by atoms with Gasteiger partial charge in [0.15, 0.2) is 0 Å². The summed E-state index contributed by atoms with van der Waals surface area (Å²) in [5.74, 6) is -0.0856. The molecule has 0 bridgehead atoms. The highest BCUT2D eigenvalue weighted by molar-refractivity contribution is 5.81. The number of nitrogens with zero attached hydrogens (tertiary/aromatic N) is 1. The second kappa shape index (κ2) is 8.34. The van der Waals surface area contributed by atoms with Gasteiger partial charge >= 0.3 is 0 Å². The molecule has 1 aliphatic rings. The summed E-state index contributed by atoms with van der Waals surface area (Å²) in [6.45, 7) is 5.10. The third-order valence-electron chi connectivity index (χ3n) is 2.87. The number of carbonyl (C=O) groups is 1. The summed E-state index contributed by atoms with van der Waals surface area (Å²) in [5.41, 5.74) is 0. The van der Waals surface area contributed by atoms with Crippen LogP contribution in [0.2, 0.25) is 0 Å². The van der Waals surface area contributed by atoms with Crippen LogP contribution in [0.4, 0.5) is 8.78 Å². The predicted octanol–water partition coefficient (Wildman–Crippen LogP) is -0.322. The zero-order valence-electron chi connectivity index (χ0n) is 10.6. The lowest BCUT2D eigenvalue weighted by Gasteiger charge is -2.31. The van der Waals surface area contributed by atoms with Crippen LogP contribution in [0, 0.1) is 0 Å². The second-order valence-electron chi connectivity index (χ2n) is 4.22. The average Bonchev–Trinajstić information content (AvgIpc) is 2.38. The van der Waals surface area contributed by atoms with Gasteiger partial charge in [0.2, 0.25) is 5.91 Å². The maximum Gasteiger partial charge on any atom is 0.261 e. The molecular formula is C11H21F2N3O2. The van der Waals surface area contributed by atoms with Gasteiger partial charge in [0.1, 0.15) is 6.61 Å². The Kier molecular flexibility index (Phi) is 7.07. The van der Waals surface area contributed by atoms with Crippen molar-refractivity contribution in [3.63, 3.8) is 0 Å². The molecule has 0 aromatic rings. The van der Waals surface area contributed by atoms with E-state index in [1.165, 1.54) is 0 Å². The van der Waals surface area contributed by atoms with E-state index in [9.17, 15) is 13.6 Å². The van der Waals surface area contributed by atoms with Crippen LogP contribution in [0.25, 0.3) is 0 Å². The largest absolute Gasteiger partial charge is 0.374 e. The van der Waals surface area contributed by atoms with Crippen molar-refractivity contribution in [3.05, 3.63) is 0 Å². The van der Waals surface area contributed by atoms with Crippen molar-refractivity contribution in [3.8, 4) is 0 Å². The van der Waals surface area contributed by atoms with Crippen molar-refractivity contribution in [2.75, 3.05) is 45.9 Å². The van der Waals surface area contributed by atoms with Crippen LogP contribution in [0.3, 0.4) is 0 Å². The standard InChI is InChI=1S/C11H21F2N3O2/c1-9(16-5-2-14-3-6-16)11(17)15-4-7-18-8-10(12)13/h9-10,14H,2-8H2,1H3,(H,15,17). The molecule has 1 fully saturated rings. The molecule has 0 aliphatic carbocycles. The Hall–Kier alpha value is -0.790. The van der Waals surface area contributed by atoms with Gasteiger partial charge in [-0.3, -0.25) is 9.69 Å². The Morgan fingerprint density at radius 1 is 1.44 bits per heavy atom. The molecule has 1 aliphatic heterocycles. The molecule has 1 atom stereocenters. The molecule has 0 spiro atoms. The zero-order valence-corrected chi connectivity index (χ0v) is 10.6. The highest BCUT2D eigenvalue weighted by atomic mass is 19.3. The summed E-state index contributed by atoms with van der Waals surface area (Å²) < 4.78 is 28.2. The summed E-state index contributed by atoms with van der Waals surface area (Å²) in [6.07, 6.45) is -2.46. The summed E-state index contributed by atoms with van der Waals surface area (Å²) in [5, 5.41) is 5.90. The lowest BCUT2D eigenvalue weighted by molar-refractivity contribution is -0.126. The third kappa shape index (κ3) is 5.70. The minimum Gasteiger partial charge on any atom is -0.374 e. The highest BCUT2D eigenvalue weighted by Gasteiger charge is 2.22. The molecule has 1 unspecified atom stereocenters. The zero-order chi connectivity index (χ0) is 13.4. The Morgan fingerprint density at radius 2 is 2.11 bits per heavy atom. The first kappa shape index (κ1) is 15.3. The van der Waals surface area contributed by atoms with E-state index in [1.54, 1.807) is 0 Å². The maximum absolute atomic E-state index is 11.8. The van der Waals surface area contributed by atoms with Gasteiger partial charge in [-0.05, 0) is 6.92 Å². The molecule has 0 saturated carbocycles. The number of alkyl halides is 2. The van der Waals surface area contributed by atoms with Gasteiger partial charge in [0.25, 0.3) is 6.43 Å². The summed E-state index contributed by atoms with van der Waals surface area (Å²) >= 11 is 0. The highest BCUT2D eigenvalue weighted by Crippen LogP contribution is 2.00. The third-order valence-corrected chi connectivity index (χ3v) is 2.87. The number of amides is 1. The number of hydrogen-bond acceptors (Lipinski definition) is 4. The van der Waals surface area contributed by atoms with E-state index >= 15 is 0 Å². The molecule has 1 saturated heterocycles. The number of ether oxygens (including phenoxy) is 1. The van der Waals surface area contributed by atoms with Crippen LogP contribution < -0.4 is 10.6 Å². The van der Waals surface area contributed by atoms with E-state index in [0.717, 1.165) is 26.2 Å². The molecule has 1 amide bonds. The number of piperazine rings is 1. The van der Waals surface area contributed by atoms with Gasteiger partial charge in [-0.15, -0.1) is 0 Å². The minimum absolute atomic E-state index is 0.0856. The quantitative estimate of drug-likeness (QED) is 0.619. The van der Waals surface area contributed by atoms with Gasteiger partial charge in [-0.1, -0.05) is 0 Å². The van der Waals surface area contributed by atoms with Crippen molar-refractivity contribution in [1.29, 1.82) is 0 Å². The van der Waals surface area contributed by atoms with Crippen LogP contribution in [-0.2, 0) is 9.53 Å². The molecule has 0 aromatic carbocycles. The molecule has 2 N–H and O–H groups in total. The Morgan fingerprint density at radius 3 is 2.72 bits per heavy atom. The van der Waals surface area contributed by atoms with Crippen LogP contribution in [0.15, 0.2) is 0 Å². The van der Waals surface area contributed by atoms with Crippen LogP contribution in [0.5, 0.6) is 0 Å². The number of rotatable bonds is 7. The van der Waals surface area contributed by atoms with Crippen molar-refractivity contribution in [2.45, 2.75) is 19.4 Å². The van der Waals surface area contributed by atoms with E-state index in [0.29, 0.717) is 0 Å². The second-order valence-corrected chi connectivity index (χ2v) is 4.22. The summed E-state index contributed by atoms with van der Waals surface area (Å²) in [4.78, 5) is 13.9. The molecule has 0 aromatic heterocycles. The monoisotopic (exact) mass is 265 g/mol. The molecule has 5 nitrogen and oxygen atoms in total. The van der Waals surface area contributed by atoms with Gasteiger partial charge in [0, 0.05) is 32.7 Å². The van der Waals surface area contributed by atoms with Gasteiger partial charge in [-0.25, -0.2) is 8.78 Å². The molecule has 18 heavy (non-hydrogen) atoms. The molecule has 1 heterocycles. The van der Waals surface area contributed by atoms with E-state index in [-0.39, 0.29) is 25.1 Å². The number of halogens is 2. The molecule has 7 heteroatoms. The Labute approximate surface area is 106 Å². The minimum atomic E-state index is -2.46. The lowest BCUT2D eigenvalue weighted by Crippen LogP contribution is -2.53. The van der Waals surface area contributed by atoms with Crippen LogP contribution in [0.1, 0.15) is 6.92 Å². The van der Waals surface area contributed by atoms with E-state index in [4.69, 9.17) is 0 Å². The van der Waals surface area contributed by atoms with Gasteiger partial charge < -0.3 is 15.4 Å². The Balaban J connectivity index is 2.11. The first-order valence-corrected chi connectivity index (χ1v) is 6.19. The smallest absolute Gasteiger partial charge is 0.261 e. The van der Waals surface area contributed by atoms with E-state index in [1.807, 2.05) is 6.92 Å². The van der Waals surface area contributed by atoms with Gasteiger partial charge in [-0.2, -0.15) is 0 Å². The SMILES string of the molecule is CC(C(=O)NCCOCC(F)F)N1CCNCC1. The first-order valence-electron chi connectivity index (χ1n) is 6.19. The van der Waals surface area contributed by atoms with Gasteiger partial charge in [0.05, 0.1) is 12.6 Å². The summed E-state index contributed by atoms with van der Waals surface area (Å²) in [7, 11) is 0.